The standard InChI is InChI=1S/C13H18BrN5S/c1-8(2)13-16-11(18-15)5-12(17-13)19(3)6-10-4-9(14)7-20-10/h4-5,7-8H,6,15H2,1-3H3,(H,16,17,18). The van der Waals surface area contributed by atoms with E-state index in [2.05, 4.69) is 61.5 Å². The third kappa shape index (κ3) is 3.68. The number of nitrogen functional groups attached to an aromatic ring is 1. The molecule has 0 aliphatic rings. The van der Waals surface area contributed by atoms with Crippen molar-refractivity contribution in [2.75, 3.05) is 17.4 Å². The van der Waals surface area contributed by atoms with Gasteiger partial charge in [0.2, 0.25) is 0 Å². The first kappa shape index (κ1) is 15.2. The third-order valence-corrected chi connectivity index (χ3v) is 4.48. The average molecular weight is 356 g/mol. The summed E-state index contributed by atoms with van der Waals surface area (Å²) >= 11 is 5.19. The van der Waals surface area contributed by atoms with Crippen molar-refractivity contribution in [3.8, 4) is 0 Å². The Bertz CT molecular complexity index is 584. The van der Waals surface area contributed by atoms with Gasteiger partial charge in [-0.1, -0.05) is 13.8 Å². The molecular weight excluding hydrogens is 338 g/mol. The lowest BCUT2D eigenvalue weighted by molar-refractivity contribution is 0.764. The van der Waals surface area contributed by atoms with Gasteiger partial charge in [0.15, 0.2) is 0 Å². The molecule has 2 aromatic heterocycles. The van der Waals surface area contributed by atoms with Gasteiger partial charge in [-0.15, -0.1) is 11.3 Å². The van der Waals surface area contributed by atoms with Gasteiger partial charge in [0.1, 0.15) is 17.5 Å². The van der Waals surface area contributed by atoms with Crippen molar-refractivity contribution in [1.82, 2.24) is 9.97 Å². The molecule has 0 fully saturated rings. The topological polar surface area (TPSA) is 67.1 Å². The van der Waals surface area contributed by atoms with E-state index < -0.39 is 0 Å². The van der Waals surface area contributed by atoms with Crippen LogP contribution in [0.4, 0.5) is 11.6 Å². The van der Waals surface area contributed by atoms with E-state index >= 15 is 0 Å². The smallest absolute Gasteiger partial charge is 0.145 e. The Morgan fingerprint density at radius 3 is 2.70 bits per heavy atom. The molecule has 0 aliphatic carbocycles. The molecule has 0 aromatic carbocycles. The summed E-state index contributed by atoms with van der Waals surface area (Å²) in [5, 5.41) is 2.08. The molecule has 3 N–H and O–H groups in total. The quantitative estimate of drug-likeness (QED) is 0.635. The first-order valence-electron chi connectivity index (χ1n) is 6.29. The van der Waals surface area contributed by atoms with Gasteiger partial charge in [-0.05, 0) is 22.0 Å². The largest absolute Gasteiger partial charge is 0.354 e. The summed E-state index contributed by atoms with van der Waals surface area (Å²) in [4.78, 5) is 12.3. The van der Waals surface area contributed by atoms with Gasteiger partial charge in [-0.2, -0.15) is 0 Å². The fourth-order valence-electron chi connectivity index (χ4n) is 1.73. The van der Waals surface area contributed by atoms with E-state index in [0.29, 0.717) is 5.82 Å². The molecule has 2 heterocycles. The molecule has 0 amide bonds. The van der Waals surface area contributed by atoms with Crippen LogP contribution in [0.25, 0.3) is 0 Å². The molecule has 20 heavy (non-hydrogen) atoms. The SMILES string of the molecule is CC(C)c1nc(NN)cc(N(C)Cc2cc(Br)cs2)n1. The van der Waals surface area contributed by atoms with E-state index in [4.69, 9.17) is 5.84 Å². The first-order valence-corrected chi connectivity index (χ1v) is 7.96. The number of rotatable bonds is 5. The first-order chi connectivity index (χ1) is 9.49. The molecule has 0 saturated heterocycles. The van der Waals surface area contributed by atoms with Gasteiger partial charge in [0.25, 0.3) is 0 Å². The molecule has 0 unspecified atom stereocenters. The van der Waals surface area contributed by atoms with Crippen molar-refractivity contribution in [2.45, 2.75) is 26.3 Å². The Kier molecular flexibility index (Phi) is 4.95. The molecule has 0 spiro atoms. The molecule has 5 nitrogen and oxygen atoms in total. The maximum atomic E-state index is 5.48. The minimum absolute atomic E-state index is 0.256. The zero-order valence-corrected chi connectivity index (χ0v) is 14.1. The fraction of sp³-hybridized carbons (Fsp3) is 0.385. The lowest BCUT2D eigenvalue weighted by Gasteiger charge is -2.19. The van der Waals surface area contributed by atoms with Gasteiger partial charge in [0, 0.05) is 33.8 Å². The molecule has 0 aliphatic heterocycles. The minimum atomic E-state index is 0.256. The predicted molar refractivity (Wildman–Crippen MR) is 88.1 cm³/mol. The molecule has 0 saturated carbocycles. The Labute approximate surface area is 131 Å². The normalized spacial score (nSPS) is 10.9. The van der Waals surface area contributed by atoms with Crippen LogP contribution in [-0.2, 0) is 6.54 Å². The highest BCUT2D eigenvalue weighted by atomic mass is 79.9. The van der Waals surface area contributed by atoms with Gasteiger partial charge in [0.05, 0.1) is 6.54 Å². The Morgan fingerprint density at radius 1 is 1.40 bits per heavy atom. The number of nitrogens with one attached hydrogen (secondary N) is 1. The highest BCUT2D eigenvalue weighted by Gasteiger charge is 2.11. The van der Waals surface area contributed by atoms with Crippen molar-refractivity contribution in [3.05, 3.63) is 32.7 Å². The van der Waals surface area contributed by atoms with Crippen molar-refractivity contribution in [1.29, 1.82) is 0 Å². The highest BCUT2D eigenvalue weighted by molar-refractivity contribution is 9.10. The van der Waals surface area contributed by atoms with E-state index in [-0.39, 0.29) is 5.92 Å². The number of nitrogens with two attached hydrogens (primary N) is 1. The zero-order valence-electron chi connectivity index (χ0n) is 11.7. The number of halogens is 1. The molecule has 7 heteroatoms. The van der Waals surface area contributed by atoms with Crippen molar-refractivity contribution >= 4 is 38.9 Å². The van der Waals surface area contributed by atoms with Crippen LogP contribution >= 0.6 is 27.3 Å². The van der Waals surface area contributed by atoms with E-state index in [1.165, 1.54) is 4.88 Å². The van der Waals surface area contributed by atoms with Gasteiger partial charge >= 0.3 is 0 Å². The van der Waals surface area contributed by atoms with Crippen LogP contribution in [0.1, 0.15) is 30.5 Å². The second kappa shape index (κ2) is 6.51. The van der Waals surface area contributed by atoms with Crippen LogP contribution in [0.15, 0.2) is 22.0 Å². The fourth-order valence-corrected chi connectivity index (χ4v) is 3.24. The van der Waals surface area contributed by atoms with Crippen molar-refractivity contribution in [3.63, 3.8) is 0 Å². The highest BCUT2D eigenvalue weighted by Crippen LogP contribution is 2.24. The number of hydrogen-bond donors (Lipinski definition) is 2. The summed E-state index contributed by atoms with van der Waals surface area (Å²) in [7, 11) is 2.01. The number of nitrogens with zero attached hydrogens (tertiary/aromatic N) is 3. The Balaban J connectivity index is 2.24. The summed E-state index contributed by atoms with van der Waals surface area (Å²) in [6, 6.07) is 3.97. The number of anilines is 2. The lowest BCUT2D eigenvalue weighted by Crippen LogP contribution is -2.20. The van der Waals surface area contributed by atoms with Gasteiger partial charge < -0.3 is 10.3 Å². The maximum absolute atomic E-state index is 5.48. The van der Waals surface area contributed by atoms with Crippen LogP contribution in [0.5, 0.6) is 0 Å². The van der Waals surface area contributed by atoms with E-state index in [9.17, 15) is 0 Å². The summed E-state index contributed by atoms with van der Waals surface area (Å²) in [5.41, 5.74) is 2.60. The molecular formula is C13H18BrN5S. The second-order valence-corrected chi connectivity index (χ2v) is 6.77. The van der Waals surface area contributed by atoms with E-state index in [0.717, 1.165) is 22.7 Å². The molecule has 0 bridgehead atoms. The summed E-state index contributed by atoms with van der Waals surface area (Å²) in [6.07, 6.45) is 0. The predicted octanol–water partition coefficient (Wildman–Crippen LogP) is 3.35. The van der Waals surface area contributed by atoms with Gasteiger partial charge in [-0.25, -0.2) is 15.8 Å². The Hall–Kier alpha value is -1.18. The maximum Gasteiger partial charge on any atom is 0.145 e. The van der Waals surface area contributed by atoms with Crippen molar-refractivity contribution in [2.24, 2.45) is 5.84 Å². The van der Waals surface area contributed by atoms with E-state index in [1.54, 1.807) is 11.3 Å². The Morgan fingerprint density at radius 2 is 2.15 bits per heavy atom. The molecule has 2 aromatic rings. The van der Waals surface area contributed by atoms with E-state index in [1.807, 2.05) is 13.1 Å². The van der Waals surface area contributed by atoms with Crippen LogP contribution in [0, 0.1) is 0 Å². The zero-order chi connectivity index (χ0) is 14.7. The summed E-state index contributed by atoms with van der Waals surface area (Å²) in [6.45, 7) is 4.93. The minimum Gasteiger partial charge on any atom is -0.354 e. The molecule has 0 radical (unpaired) electrons. The van der Waals surface area contributed by atoms with Gasteiger partial charge in [-0.3, -0.25) is 0 Å². The molecule has 2 rings (SSSR count). The summed E-state index contributed by atoms with van der Waals surface area (Å²) in [5.74, 6) is 8.02. The lowest BCUT2D eigenvalue weighted by atomic mass is 10.2. The van der Waals surface area contributed by atoms with Crippen LogP contribution in [0.2, 0.25) is 0 Å². The number of thiophene rings is 1. The number of hydrogen-bond acceptors (Lipinski definition) is 6. The number of hydrazine groups is 1. The van der Waals surface area contributed by atoms with Crippen molar-refractivity contribution < 1.29 is 0 Å². The monoisotopic (exact) mass is 355 g/mol. The molecule has 0 atom stereocenters. The third-order valence-electron chi connectivity index (χ3n) is 2.80. The second-order valence-electron chi connectivity index (χ2n) is 4.86. The van der Waals surface area contributed by atoms with Crippen LogP contribution in [0.3, 0.4) is 0 Å². The molecule has 108 valence electrons. The number of aromatic nitrogens is 2. The average Bonchev–Trinajstić information content (AvgIpc) is 2.83. The summed E-state index contributed by atoms with van der Waals surface area (Å²) < 4.78 is 1.11. The van der Waals surface area contributed by atoms with Crippen LogP contribution < -0.4 is 16.2 Å². The van der Waals surface area contributed by atoms with Crippen LogP contribution in [-0.4, -0.2) is 17.0 Å².